The van der Waals surface area contributed by atoms with Crippen LogP contribution in [0.2, 0.25) is 0 Å². The molecule has 0 amide bonds. The maximum Gasteiger partial charge on any atom is 0.417 e. The first kappa shape index (κ1) is 26.1. The molecule has 2 fully saturated rings. The molecule has 2 aliphatic carbocycles. The Kier molecular flexibility index (Phi) is 6.19. The molecule has 3 atom stereocenters. The lowest BCUT2D eigenvalue weighted by molar-refractivity contribution is -0.137. The molecule has 0 radical (unpaired) electrons. The molecule has 1 heterocycles. The van der Waals surface area contributed by atoms with Gasteiger partial charge in [-0.05, 0) is 82.3 Å². The van der Waals surface area contributed by atoms with Gasteiger partial charge in [-0.1, -0.05) is 0 Å². The Balaban J connectivity index is 1.63. The van der Waals surface area contributed by atoms with Gasteiger partial charge in [0.1, 0.15) is 5.60 Å². The van der Waals surface area contributed by atoms with Gasteiger partial charge >= 0.3 is 6.18 Å². The van der Waals surface area contributed by atoms with Gasteiger partial charge in [-0.15, -0.1) is 0 Å². The van der Waals surface area contributed by atoms with Crippen LogP contribution in [0.25, 0.3) is 0 Å². The highest BCUT2D eigenvalue weighted by Gasteiger charge is 2.52. The third-order valence-corrected chi connectivity index (χ3v) is 7.39. The van der Waals surface area contributed by atoms with Crippen LogP contribution in [0.5, 0.6) is 0 Å². The average molecular weight is 521 g/mol. The normalized spacial score (nSPS) is 28.5. The van der Waals surface area contributed by atoms with E-state index in [1.54, 1.807) is 26.8 Å². The van der Waals surface area contributed by atoms with E-state index in [9.17, 15) is 23.5 Å². The van der Waals surface area contributed by atoms with Gasteiger partial charge in [0.2, 0.25) is 0 Å². The molecule has 0 bridgehead atoms. The largest absolute Gasteiger partial charge is 0.417 e. The van der Waals surface area contributed by atoms with E-state index in [0.717, 1.165) is 17.0 Å². The zero-order valence-electron chi connectivity index (χ0n) is 19.8. The molecule has 190 valence electrons. The van der Waals surface area contributed by atoms with E-state index < -0.39 is 46.3 Å². The molecule has 3 unspecified atom stereocenters. The summed E-state index contributed by atoms with van der Waals surface area (Å²) in [5.74, 6) is 0. The monoisotopic (exact) mass is 520 g/mol. The van der Waals surface area contributed by atoms with Crippen LogP contribution in [-0.4, -0.2) is 45.3 Å². The number of aliphatic hydroxyl groups excluding tert-OH is 1. The van der Waals surface area contributed by atoms with Crippen LogP contribution in [0, 0.1) is 28.1 Å². The van der Waals surface area contributed by atoms with E-state index >= 15 is 4.39 Å². The molecule has 1 aromatic rings. The van der Waals surface area contributed by atoms with E-state index in [-0.39, 0.29) is 17.4 Å². The Hall–Kier alpha value is -2.99. The minimum atomic E-state index is -4.78. The van der Waals surface area contributed by atoms with Gasteiger partial charge in [-0.25, -0.2) is 4.39 Å². The zero-order chi connectivity index (χ0) is 26.7. The highest BCUT2D eigenvalue weighted by Crippen LogP contribution is 2.47. The third kappa shape index (κ3) is 4.26. The number of nitriles is 2. The fourth-order valence-corrected chi connectivity index (χ4v) is 4.87. The van der Waals surface area contributed by atoms with Gasteiger partial charge in [0.15, 0.2) is 17.5 Å². The van der Waals surface area contributed by atoms with Crippen LogP contribution < -0.4 is 4.90 Å². The van der Waals surface area contributed by atoms with Crippen LogP contribution in [0.4, 0.5) is 23.2 Å². The molecule has 1 N–H and O–H groups in total. The second-order valence-corrected chi connectivity index (χ2v) is 10.4. The maximum absolute atomic E-state index is 15.4. The summed E-state index contributed by atoms with van der Waals surface area (Å²) in [6.07, 6.45) is -1.95. The van der Waals surface area contributed by atoms with Crippen molar-refractivity contribution >= 4 is 23.0 Å². The summed E-state index contributed by atoms with van der Waals surface area (Å²) in [4.78, 5) is 2.64. The Morgan fingerprint density at radius 1 is 1.22 bits per heavy atom. The summed E-state index contributed by atoms with van der Waals surface area (Å²) in [6, 6.07) is 6.80. The van der Waals surface area contributed by atoms with Gasteiger partial charge in [-0.2, -0.15) is 23.7 Å². The molecule has 36 heavy (non-hydrogen) atoms. The maximum atomic E-state index is 15.4. The molecule has 1 aliphatic heterocycles. The number of halogens is 4. The van der Waals surface area contributed by atoms with Crippen molar-refractivity contribution in [1.29, 1.82) is 10.5 Å². The summed E-state index contributed by atoms with van der Waals surface area (Å²) in [5.41, 5.74) is -4.46. The second-order valence-electron chi connectivity index (χ2n) is 10.0. The molecule has 0 aromatic heterocycles. The van der Waals surface area contributed by atoms with Gasteiger partial charge in [0.25, 0.3) is 0 Å². The topological polar surface area (TPSA) is 83.5 Å². The number of ether oxygens (including phenoxy) is 1. The molecular weight excluding hydrogens is 496 g/mol. The first-order chi connectivity index (χ1) is 16.7. The zero-order valence-corrected chi connectivity index (χ0v) is 20.6. The molecule has 3 aliphatic rings. The Morgan fingerprint density at radius 3 is 2.42 bits per heavy atom. The Labute approximate surface area is 211 Å². The van der Waals surface area contributed by atoms with Crippen molar-refractivity contribution in [2.45, 2.75) is 63.3 Å². The van der Waals surface area contributed by atoms with Crippen molar-refractivity contribution < 1.29 is 27.4 Å². The van der Waals surface area contributed by atoms with Crippen LogP contribution in [-0.2, 0) is 10.9 Å². The predicted octanol–water partition coefficient (Wildman–Crippen LogP) is 4.95. The van der Waals surface area contributed by atoms with E-state index in [4.69, 9.17) is 22.2 Å². The van der Waals surface area contributed by atoms with E-state index in [0.29, 0.717) is 18.5 Å². The number of hydrogen-bond acceptors (Lipinski definition) is 5. The smallest absolute Gasteiger partial charge is 0.371 e. The van der Waals surface area contributed by atoms with Crippen LogP contribution >= 0.6 is 12.2 Å². The third-order valence-electron chi connectivity index (χ3n) is 7.02. The van der Waals surface area contributed by atoms with Crippen molar-refractivity contribution in [3.63, 3.8) is 0 Å². The molecule has 4 rings (SSSR count). The van der Waals surface area contributed by atoms with E-state index in [1.807, 2.05) is 0 Å². The molecule has 1 aromatic carbocycles. The van der Waals surface area contributed by atoms with E-state index in [1.165, 1.54) is 29.2 Å². The fraction of sp³-hybridized carbons (Fsp3) is 0.480. The SMILES string of the molecule is CC1(OCC2(C#N)CC2)C=CC(N2C(=S)N(c3ccc(C#N)c(C(F)(F)F)c3)C(O)C2(C)C)=CC1F. The number of rotatable bonds is 5. The van der Waals surface area contributed by atoms with Crippen molar-refractivity contribution in [2.24, 2.45) is 5.41 Å². The molecule has 6 nitrogen and oxygen atoms in total. The number of alkyl halides is 4. The van der Waals surface area contributed by atoms with Gasteiger partial charge < -0.3 is 14.7 Å². The van der Waals surface area contributed by atoms with Gasteiger partial charge in [-0.3, -0.25) is 4.90 Å². The van der Waals surface area contributed by atoms with Crippen molar-refractivity contribution in [2.75, 3.05) is 11.5 Å². The first-order valence-corrected chi connectivity index (χ1v) is 11.6. The fourth-order valence-electron chi connectivity index (χ4n) is 4.32. The average Bonchev–Trinajstić information content (AvgIpc) is 3.57. The second kappa shape index (κ2) is 8.55. The summed E-state index contributed by atoms with van der Waals surface area (Å²) in [7, 11) is 0. The quantitative estimate of drug-likeness (QED) is 0.434. The van der Waals surface area contributed by atoms with Crippen LogP contribution in [0.15, 0.2) is 42.1 Å². The van der Waals surface area contributed by atoms with Crippen molar-refractivity contribution in [1.82, 2.24) is 4.90 Å². The minimum absolute atomic E-state index is 0.0284. The molecule has 1 saturated carbocycles. The van der Waals surface area contributed by atoms with Crippen molar-refractivity contribution in [3.05, 3.63) is 53.3 Å². The Bertz CT molecular complexity index is 1240. The number of hydrogen-bond donors (Lipinski definition) is 1. The predicted molar refractivity (Wildman–Crippen MR) is 127 cm³/mol. The summed E-state index contributed by atoms with van der Waals surface area (Å²) < 4.78 is 61.7. The number of allylic oxidation sites excluding steroid dienone is 1. The van der Waals surface area contributed by atoms with Gasteiger partial charge in [0.05, 0.1) is 40.8 Å². The first-order valence-electron chi connectivity index (χ1n) is 11.2. The van der Waals surface area contributed by atoms with E-state index in [2.05, 4.69) is 6.07 Å². The van der Waals surface area contributed by atoms with Crippen molar-refractivity contribution in [3.8, 4) is 12.1 Å². The number of nitrogens with zero attached hydrogens (tertiary/aromatic N) is 4. The summed E-state index contributed by atoms with van der Waals surface area (Å²) in [5, 5.41) is 29.4. The summed E-state index contributed by atoms with van der Waals surface area (Å²) in [6.45, 7) is 4.94. The molecule has 1 saturated heterocycles. The summed E-state index contributed by atoms with van der Waals surface area (Å²) >= 11 is 5.55. The lowest BCUT2D eigenvalue weighted by atomic mass is 9.92. The number of benzene rings is 1. The minimum Gasteiger partial charge on any atom is -0.371 e. The molecule has 11 heteroatoms. The van der Waals surface area contributed by atoms with Crippen LogP contribution in [0.3, 0.4) is 0 Å². The molecular formula is C25H24F4N4O2S. The highest BCUT2D eigenvalue weighted by atomic mass is 32.1. The number of thiocarbonyl (C=S) groups is 1. The standard InChI is InChI=1S/C25H24F4N4O2S/c1-22(2)20(34)32(16-5-4-15(12-30)18(10-16)25(27,28)29)21(36)33(22)17-6-7-23(3,19(26)11-17)35-14-24(13-31)8-9-24/h4-7,10-11,19-20,34H,8-9,14H2,1-3H3. The number of aliphatic hydroxyl groups is 1. The highest BCUT2D eigenvalue weighted by molar-refractivity contribution is 7.80. The lowest BCUT2D eigenvalue weighted by Gasteiger charge is -2.38. The number of anilines is 1. The lowest BCUT2D eigenvalue weighted by Crippen LogP contribution is -2.47. The van der Waals surface area contributed by atoms with Gasteiger partial charge in [0, 0.05) is 11.4 Å². The molecule has 0 spiro atoms. The Morgan fingerprint density at radius 2 is 1.89 bits per heavy atom. The van der Waals surface area contributed by atoms with Crippen LogP contribution in [0.1, 0.15) is 44.7 Å².